The summed E-state index contributed by atoms with van der Waals surface area (Å²) in [7, 11) is 0. The van der Waals surface area contributed by atoms with Crippen LogP contribution in [-0.4, -0.2) is 35.1 Å². The van der Waals surface area contributed by atoms with Gasteiger partial charge in [-0.1, -0.05) is 37.3 Å². The first kappa shape index (κ1) is 12.7. The number of carbonyl (C=O) groups excluding carboxylic acids is 1. The summed E-state index contributed by atoms with van der Waals surface area (Å²) < 4.78 is 0. The van der Waals surface area contributed by atoms with Crippen molar-refractivity contribution < 1.29 is 9.90 Å². The normalized spacial score (nSPS) is 29.1. The maximum atomic E-state index is 12.8. The Balaban J connectivity index is 1.78. The molecule has 1 heterocycles. The third-order valence-corrected chi connectivity index (χ3v) is 4.63. The Bertz CT molecular complexity index is 467. The van der Waals surface area contributed by atoms with Crippen LogP contribution in [0.4, 0.5) is 0 Å². The molecule has 19 heavy (non-hydrogen) atoms. The zero-order chi connectivity index (χ0) is 13.5. The third kappa shape index (κ3) is 2.16. The van der Waals surface area contributed by atoms with Crippen LogP contribution in [0.5, 0.6) is 0 Å². The first-order valence-corrected chi connectivity index (χ1v) is 7.16. The van der Waals surface area contributed by atoms with Crippen LogP contribution in [0.1, 0.15) is 31.7 Å². The molecule has 3 rings (SSSR count). The van der Waals surface area contributed by atoms with E-state index in [1.165, 1.54) is 0 Å². The minimum atomic E-state index is -0.261. The van der Waals surface area contributed by atoms with E-state index in [0.717, 1.165) is 18.4 Å². The summed E-state index contributed by atoms with van der Waals surface area (Å²) in [6.07, 6.45) is 2.38. The minimum absolute atomic E-state index is 0.185. The van der Waals surface area contributed by atoms with Gasteiger partial charge in [0.2, 0.25) is 5.91 Å². The highest BCUT2D eigenvalue weighted by Gasteiger charge is 2.53. The van der Waals surface area contributed by atoms with E-state index < -0.39 is 0 Å². The highest BCUT2D eigenvalue weighted by Crippen LogP contribution is 2.49. The second-order valence-corrected chi connectivity index (χ2v) is 6.03. The van der Waals surface area contributed by atoms with E-state index in [2.05, 4.69) is 12.1 Å². The molecule has 102 valence electrons. The van der Waals surface area contributed by atoms with Gasteiger partial charge in [0.05, 0.1) is 11.5 Å². The van der Waals surface area contributed by atoms with Gasteiger partial charge in [-0.05, 0) is 30.7 Å². The largest absolute Gasteiger partial charge is 0.393 e. The summed E-state index contributed by atoms with van der Waals surface area (Å²) in [5, 5.41) is 9.77. The van der Waals surface area contributed by atoms with Crippen molar-refractivity contribution in [2.24, 2.45) is 5.92 Å². The standard InChI is InChI=1S/C16H21NO2/c1-12-11-17(10-7-14(12)18)15(19)16(8-9-16)13-5-3-2-4-6-13/h2-6,12,14,18H,7-11H2,1H3. The van der Waals surface area contributed by atoms with E-state index in [9.17, 15) is 9.90 Å². The van der Waals surface area contributed by atoms with Gasteiger partial charge in [0, 0.05) is 13.1 Å². The second kappa shape index (κ2) is 4.64. The molecule has 1 N–H and O–H groups in total. The Labute approximate surface area is 114 Å². The smallest absolute Gasteiger partial charge is 0.233 e. The summed E-state index contributed by atoms with van der Waals surface area (Å²) in [4.78, 5) is 14.7. The molecule has 1 saturated heterocycles. The predicted octanol–water partition coefficient (Wildman–Crippen LogP) is 1.95. The van der Waals surface area contributed by atoms with Gasteiger partial charge in [-0.3, -0.25) is 4.79 Å². The molecule has 3 heteroatoms. The fourth-order valence-electron chi connectivity index (χ4n) is 3.13. The van der Waals surface area contributed by atoms with Crippen molar-refractivity contribution in [2.75, 3.05) is 13.1 Å². The number of rotatable bonds is 2. The molecule has 3 nitrogen and oxygen atoms in total. The van der Waals surface area contributed by atoms with E-state index in [4.69, 9.17) is 0 Å². The lowest BCUT2D eigenvalue weighted by Gasteiger charge is -2.36. The number of aliphatic hydroxyl groups excluding tert-OH is 1. The van der Waals surface area contributed by atoms with Crippen molar-refractivity contribution in [3.8, 4) is 0 Å². The van der Waals surface area contributed by atoms with E-state index in [-0.39, 0.29) is 23.3 Å². The van der Waals surface area contributed by atoms with Gasteiger partial charge in [0.25, 0.3) is 0 Å². The van der Waals surface area contributed by atoms with Crippen molar-refractivity contribution in [2.45, 2.75) is 37.7 Å². The Kier molecular flexibility index (Phi) is 3.09. The van der Waals surface area contributed by atoms with Crippen LogP contribution >= 0.6 is 0 Å². The lowest BCUT2D eigenvalue weighted by molar-refractivity contribution is -0.137. The number of hydrogen-bond acceptors (Lipinski definition) is 2. The van der Waals surface area contributed by atoms with Crippen molar-refractivity contribution in [3.63, 3.8) is 0 Å². The van der Waals surface area contributed by atoms with Crippen LogP contribution < -0.4 is 0 Å². The van der Waals surface area contributed by atoms with Gasteiger partial charge < -0.3 is 10.0 Å². The molecular weight excluding hydrogens is 238 g/mol. The molecule has 0 aromatic heterocycles. The maximum Gasteiger partial charge on any atom is 0.233 e. The van der Waals surface area contributed by atoms with Crippen molar-refractivity contribution in [1.82, 2.24) is 4.90 Å². The Hall–Kier alpha value is -1.35. The number of aliphatic hydroxyl groups is 1. The molecule has 1 aliphatic heterocycles. The minimum Gasteiger partial charge on any atom is -0.393 e. The number of amides is 1. The molecule has 1 aromatic carbocycles. The van der Waals surface area contributed by atoms with Crippen molar-refractivity contribution in [3.05, 3.63) is 35.9 Å². The summed E-state index contributed by atoms with van der Waals surface area (Å²) in [6.45, 7) is 3.40. The molecule has 0 bridgehead atoms. The van der Waals surface area contributed by atoms with Crippen LogP contribution in [0, 0.1) is 5.92 Å². The zero-order valence-electron chi connectivity index (χ0n) is 11.4. The SMILES string of the molecule is CC1CN(C(=O)C2(c3ccccc3)CC2)CCC1O. The summed E-state index contributed by atoms with van der Waals surface area (Å²) in [5.41, 5.74) is 0.891. The van der Waals surface area contributed by atoms with E-state index in [0.29, 0.717) is 19.5 Å². The summed E-state index contributed by atoms with van der Waals surface area (Å²) >= 11 is 0. The molecule has 1 saturated carbocycles. The average molecular weight is 259 g/mol. The predicted molar refractivity (Wildman–Crippen MR) is 73.7 cm³/mol. The van der Waals surface area contributed by atoms with Crippen LogP contribution in [-0.2, 0) is 10.2 Å². The molecule has 1 aromatic rings. The third-order valence-electron chi connectivity index (χ3n) is 4.63. The topological polar surface area (TPSA) is 40.5 Å². The lowest BCUT2D eigenvalue weighted by atomic mass is 9.91. The van der Waals surface area contributed by atoms with Gasteiger partial charge in [0.1, 0.15) is 0 Å². The number of benzene rings is 1. The molecule has 0 radical (unpaired) electrons. The highest BCUT2D eigenvalue weighted by molar-refractivity contribution is 5.91. The molecule has 1 aliphatic carbocycles. The van der Waals surface area contributed by atoms with Gasteiger partial charge in [-0.2, -0.15) is 0 Å². The summed E-state index contributed by atoms with van der Waals surface area (Å²) in [5.74, 6) is 0.446. The summed E-state index contributed by atoms with van der Waals surface area (Å²) in [6, 6.07) is 10.1. The van der Waals surface area contributed by atoms with Crippen LogP contribution in [0.2, 0.25) is 0 Å². The van der Waals surface area contributed by atoms with Crippen LogP contribution in [0.3, 0.4) is 0 Å². The monoisotopic (exact) mass is 259 g/mol. The molecule has 2 atom stereocenters. The Morgan fingerprint density at radius 3 is 2.58 bits per heavy atom. The van der Waals surface area contributed by atoms with E-state index in [1.54, 1.807) is 0 Å². The van der Waals surface area contributed by atoms with Gasteiger partial charge >= 0.3 is 0 Å². The fourth-order valence-corrected chi connectivity index (χ4v) is 3.13. The second-order valence-electron chi connectivity index (χ2n) is 6.03. The molecule has 0 spiro atoms. The van der Waals surface area contributed by atoms with Gasteiger partial charge in [-0.15, -0.1) is 0 Å². The van der Waals surface area contributed by atoms with Crippen molar-refractivity contribution in [1.29, 1.82) is 0 Å². The number of carbonyl (C=O) groups is 1. The van der Waals surface area contributed by atoms with E-state index >= 15 is 0 Å². The molecule has 2 unspecified atom stereocenters. The number of likely N-dealkylation sites (tertiary alicyclic amines) is 1. The average Bonchev–Trinajstić information content (AvgIpc) is 3.24. The molecule has 2 fully saturated rings. The number of nitrogens with zero attached hydrogens (tertiary/aromatic N) is 1. The number of piperidine rings is 1. The highest BCUT2D eigenvalue weighted by atomic mass is 16.3. The first-order valence-electron chi connectivity index (χ1n) is 7.16. The van der Waals surface area contributed by atoms with Crippen LogP contribution in [0.25, 0.3) is 0 Å². The first-order chi connectivity index (χ1) is 9.13. The fraction of sp³-hybridized carbons (Fsp3) is 0.562. The van der Waals surface area contributed by atoms with Crippen LogP contribution in [0.15, 0.2) is 30.3 Å². The maximum absolute atomic E-state index is 12.8. The van der Waals surface area contributed by atoms with Gasteiger partial charge in [0.15, 0.2) is 0 Å². The lowest BCUT2D eigenvalue weighted by Crippen LogP contribution is -2.48. The quantitative estimate of drug-likeness (QED) is 0.882. The Morgan fingerprint density at radius 1 is 1.32 bits per heavy atom. The Morgan fingerprint density at radius 2 is 2.00 bits per heavy atom. The molecule has 1 amide bonds. The zero-order valence-corrected chi connectivity index (χ0v) is 11.4. The van der Waals surface area contributed by atoms with E-state index in [1.807, 2.05) is 30.0 Å². The number of hydrogen-bond donors (Lipinski definition) is 1. The molecular formula is C16H21NO2. The van der Waals surface area contributed by atoms with Gasteiger partial charge in [-0.25, -0.2) is 0 Å². The van der Waals surface area contributed by atoms with Crippen molar-refractivity contribution >= 4 is 5.91 Å². The molecule has 2 aliphatic rings.